The first-order chi connectivity index (χ1) is 9.33. The van der Waals surface area contributed by atoms with Gasteiger partial charge in [-0.2, -0.15) is 5.10 Å². The van der Waals surface area contributed by atoms with Crippen molar-refractivity contribution in [3.05, 3.63) is 29.5 Å². The molecule has 1 aromatic heterocycles. The Labute approximate surface area is 124 Å². The number of fused-ring (bicyclic) bond motifs is 1. The Hall–Kier alpha value is -1.72. The standard InChI is InChI=1S/C14H17N3O2.ClH/c1-18-12-4-3-9(7-13(12)19-2)14-10-8-15-6-5-11(10)16-17-14;/h3-4,7,15H,5-6,8H2,1-2H3,(H,16,17);1H. The van der Waals surface area contributed by atoms with Crippen LogP contribution in [0, 0.1) is 0 Å². The van der Waals surface area contributed by atoms with Gasteiger partial charge in [0.2, 0.25) is 0 Å². The highest BCUT2D eigenvalue weighted by Gasteiger charge is 2.18. The van der Waals surface area contributed by atoms with Crippen LogP contribution in [0.15, 0.2) is 18.2 Å². The van der Waals surface area contributed by atoms with E-state index in [1.807, 2.05) is 18.2 Å². The van der Waals surface area contributed by atoms with Crippen molar-refractivity contribution in [1.82, 2.24) is 15.5 Å². The monoisotopic (exact) mass is 295 g/mol. The number of aromatic nitrogens is 2. The highest BCUT2D eigenvalue weighted by Crippen LogP contribution is 2.33. The molecule has 0 amide bonds. The van der Waals surface area contributed by atoms with Crippen LogP contribution < -0.4 is 14.8 Å². The van der Waals surface area contributed by atoms with Gasteiger partial charge in [0, 0.05) is 36.3 Å². The highest BCUT2D eigenvalue weighted by molar-refractivity contribution is 5.85. The lowest BCUT2D eigenvalue weighted by molar-refractivity contribution is 0.355. The maximum atomic E-state index is 5.34. The fourth-order valence-corrected chi connectivity index (χ4v) is 2.45. The topological polar surface area (TPSA) is 59.2 Å². The second kappa shape index (κ2) is 6.15. The molecule has 0 fully saturated rings. The molecule has 0 unspecified atom stereocenters. The molecule has 2 aromatic rings. The van der Waals surface area contributed by atoms with Crippen molar-refractivity contribution in [2.75, 3.05) is 20.8 Å². The first-order valence-electron chi connectivity index (χ1n) is 6.32. The number of ether oxygens (including phenoxy) is 2. The molecule has 0 saturated heterocycles. The molecule has 20 heavy (non-hydrogen) atoms. The van der Waals surface area contributed by atoms with E-state index in [9.17, 15) is 0 Å². The van der Waals surface area contributed by atoms with E-state index in [-0.39, 0.29) is 12.4 Å². The lowest BCUT2D eigenvalue weighted by Gasteiger charge is -2.14. The van der Waals surface area contributed by atoms with Gasteiger partial charge in [-0.3, -0.25) is 5.10 Å². The number of halogens is 1. The number of nitrogens with one attached hydrogen (secondary N) is 2. The zero-order chi connectivity index (χ0) is 13.2. The normalized spacial score (nSPS) is 13.3. The molecule has 1 aliphatic rings. The average Bonchev–Trinajstić information content (AvgIpc) is 2.90. The van der Waals surface area contributed by atoms with E-state index < -0.39 is 0 Å². The third-order valence-electron chi connectivity index (χ3n) is 3.46. The molecule has 2 N–H and O–H groups in total. The van der Waals surface area contributed by atoms with E-state index in [2.05, 4.69) is 15.5 Å². The van der Waals surface area contributed by atoms with Crippen LogP contribution in [-0.4, -0.2) is 31.0 Å². The number of hydrogen-bond donors (Lipinski definition) is 2. The van der Waals surface area contributed by atoms with Crippen molar-refractivity contribution < 1.29 is 9.47 Å². The lowest BCUT2D eigenvalue weighted by atomic mass is 10.0. The molecule has 5 nitrogen and oxygen atoms in total. The third kappa shape index (κ3) is 2.46. The van der Waals surface area contributed by atoms with E-state index in [1.54, 1.807) is 14.2 Å². The van der Waals surface area contributed by atoms with Crippen molar-refractivity contribution in [3.8, 4) is 22.8 Å². The first kappa shape index (κ1) is 14.7. The first-order valence-corrected chi connectivity index (χ1v) is 6.32. The van der Waals surface area contributed by atoms with E-state index in [0.717, 1.165) is 42.3 Å². The van der Waals surface area contributed by atoms with E-state index >= 15 is 0 Å². The maximum Gasteiger partial charge on any atom is 0.161 e. The summed E-state index contributed by atoms with van der Waals surface area (Å²) >= 11 is 0. The van der Waals surface area contributed by atoms with Crippen molar-refractivity contribution >= 4 is 12.4 Å². The van der Waals surface area contributed by atoms with Gasteiger partial charge in [0.15, 0.2) is 11.5 Å². The Morgan fingerprint density at radius 3 is 2.70 bits per heavy atom. The number of rotatable bonds is 3. The van der Waals surface area contributed by atoms with E-state index in [4.69, 9.17) is 9.47 Å². The molecule has 108 valence electrons. The molecule has 1 aliphatic heterocycles. The molecular weight excluding hydrogens is 278 g/mol. The van der Waals surface area contributed by atoms with Gasteiger partial charge in [-0.05, 0) is 18.2 Å². The maximum absolute atomic E-state index is 5.34. The van der Waals surface area contributed by atoms with Crippen LogP contribution in [0.1, 0.15) is 11.3 Å². The number of methoxy groups -OCH3 is 2. The van der Waals surface area contributed by atoms with Gasteiger partial charge in [0.05, 0.1) is 19.9 Å². The average molecular weight is 296 g/mol. The highest BCUT2D eigenvalue weighted by atomic mass is 35.5. The van der Waals surface area contributed by atoms with E-state index in [0.29, 0.717) is 0 Å². The molecule has 0 atom stereocenters. The summed E-state index contributed by atoms with van der Waals surface area (Å²) in [4.78, 5) is 0. The fourth-order valence-electron chi connectivity index (χ4n) is 2.45. The Morgan fingerprint density at radius 1 is 1.15 bits per heavy atom. The number of hydrogen-bond acceptors (Lipinski definition) is 4. The summed E-state index contributed by atoms with van der Waals surface area (Å²) in [7, 11) is 3.28. The predicted octanol–water partition coefficient (Wildman–Crippen LogP) is 2.16. The number of H-pyrrole nitrogens is 1. The van der Waals surface area contributed by atoms with Gasteiger partial charge < -0.3 is 14.8 Å². The summed E-state index contributed by atoms with van der Waals surface area (Å²) in [6.07, 6.45) is 0.996. The van der Waals surface area contributed by atoms with Gasteiger partial charge in [0.1, 0.15) is 0 Å². The molecule has 0 bridgehead atoms. The van der Waals surface area contributed by atoms with Crippen molar-refractivity contribution in [2.45, 2.75) is 13.0 Å². The summed E-state index contributed by atoms with van der Waals surface area (Å²) in [6.45, 7) is 1.86. The summed E-state index contributed by atoms with van der Waals surface area (Å²) in [5.41, 5.74) is 4.50. The quantitative estimate of drug-likeness (QED) is 0.911. The summed E-state index contributed by atoms with van der Waals surface area (Å²) < 4.78 is 10.6. The molecule has 0 saturated carbocycles. The number of aromatic amines is 1. The Kier molecular flexibility index (Phi) is 4.52. The molecule has 0 spiro atoms. The summed E-state index contributed by atoms with van der Waals surface area (Å²) in [6, 6.07) is 5.88. The second-order valence-corrected chi connectivity index (χ2v) is 4.53. The lowest BCUT2D eigenvalue weighted by Crippen LogP contribution is -2.23. The molecule has 6 heteroatoms. The largest absolute Gasteiger partial charge is 0.493 e. The van der Waals surface area contributed by atoms with Gasteiger partial charge in [-0.15, -0.1) is 12.4 Å². The van der Waals surface area contributed by atoms with Gasteiger partial charge >= 0.3 is 0 Å². The molecule has 0 aliphatic carbocycles. The van der Waals surface area contributed by atoms with Crippen LogP contribution >= 0.6 is 12.4 Å². The van der Waals surface area contributed by atoms with Crippen LogP contribution in [0.5, 0.6) is 11.5 Å². The molecule has 1 aromatic carbocycles. The number of benzene rings is 1. The summed E-state index contributed by atoms with van der Waals surface area (Å²) in [5, 5.41) is 10.9. The molecular formula is C14H18ClN3O2. The predicted molar refractivity (Wildman–Crippen MR) is 79.8 cm³/mol. The van der Waals surface area contributed by atoms with Gasteiger partial charge in [-0.25, -0.2) is 0 Å². The minimum atomic E-state index is 0. The second-order valence-electron chi connectivity index (χ2n) is 4.53. The van der Waals surface area contributed by atoms with Crippen molar-refractivity contribution in [1.29, 1.82) is 0 Å². The van der Waals surface area contributed by atoms with Crippen LogP contribution in [-0.2, 0) is 13.0 Å². The van der Waals surface area contributed by atoms with Crippen LogP contribution in [0.3, 0.4) is 0 Å². The van der Waals surface area contributed by atoms with E-state index in [1.165, 1.54) is 11.3 Å². The zero-order valence-corrected chi connectivity index (χ0v) is 12.3. The smallest absolute Gasteiger partial charge is 0.161 e. The SMILES string of the molecule is COc1ccc(-c2n[nH]c3c2CNCC3)cc1OC.Cl. The third-order valence-corrected chi connectivity index (χ3v) is 3.46. The van der Waals surface area contributed by atoms with Crippen LogP contribution in [0.25, 0.3) is 11.3 Å². The van der Waals surface area contributed by atoms with Crippen molar-refractivity contribution in [3.63, 3.8) is 0 Å². The molecule has 2 heterocycles. The minimum Gasteiger partial charge on any atom is -0.493 e. The minimum absolute atomic E-state index is 0. The zero-order valence-electron chi connectivity index (χ0n) is 11.5. The number of nitrogens with zero attached hydrogens (tertiary/aromatic N) is 1. The summed E-state index contributed by atoms with van der Waals surface area (Å²) in [5.74, 6) is 1.45. The Bertz CT molecular complexity index is 598. The Morgan fingerprint density at radius 2 is 1.95 bits per heavy atom. The molecule has 0 radical (unpaired) electrons. The van der Waals surface area contributed by atoms with Crippen LogP contribution in [0.4, 0.5) is 0 Å². The Balaban J connectivity index is 0.00000147. The van der Waals surface area contributed by atoms with Gasteiger partial charge in [0.25, 0.3) is 0 Å². The fraction of sp³-hybridized carbons (Fsp3) is 0.357. The molecule has 3 rings (SSSR count). The van der Waals surface area contributed by atoms with Crippen LogP contribution in [0.2, 0.25) is 0 Å². The van der Waals surface area contributed by atoms with Gasteiger partial charge in [-0.1, -0.05) is 0 Å². The van der Waals surface area contributed by atoms with Crippen molar-refractivity contribution in [2.24, 2.45) is 0 Å².